The van der Waals surface area contributed by atoms with E-state index in [2.05, 4.69) is 185 Å². The summed E-state index contributed by atoms with van der Waals surface area (Å²) in [7, 11) is -3.09. The average Bonchev–Trinajstić information content (AvgIpc) is 4.00. The molecular weight excluding hydrogens is 912 g/mol. The SMILES string of the molecule is [Pt+2].[c-]1c(-n2c3ncccc3c3ccc4sc5ccccc5c4c32)cccc1[Si](c1[c-]c2c(cc1)c1ccccc1n1ccnc21)(c1ccccc1)c1ccccc1. The molecule has 7 aromatic carbocycles. The molecule has 0 amide bonds. The van der Waals surface area contributed by atoms with Crippen LogP contribution in [0.1, 0.15) is 0 Å². The first-order chi connectivity index (χ1) is 27.8. The van der Waals surface area contributed by atoms with E-state index in [4.69, 9.17) is 9.97 Å². The van der Waals surface area contributed by atoms with Crippen molar-refractivity contribution in [3.63, 3.8) is 0 Å². The monoisotopic (exact) mass is 941 g/mol. The Morgan fingerprint density at radius 3 is 2.00 bits per heavy atom. The molecule has 0 aliphatic heterocycles. The minimum absolute atomic E-state index is 0. The molecule has 0 fully saturated rings. The van der Waals surface area contributed by atoms with Crippen LogP contribution >= 0.6 is 11.3 Å². The Morgan fingerprint density at radius 1 is 0.491 bits per heavy atom. The topological polar surface area (TPSA) is 35.1 Å². The molecule has 57 heavy (non-hydrogen) atoms. The van der Waals surface area contributed by atoms with Crippen LogP contribution in [0.15, 0.2) is 182 Å². The number of aromatic nitrogens is 4. The number of rotatable bonds is 5. The summed E-state index contributed by atoms with van der Waals surface area (Å²) in [6.07, 6.45) is 5.86. The third-order valence-corrected chi connectivity index (χ3v) is 17.3. The average molecular weight is 942 g/mol. The number of pyridine rings is 2. The summed E-state index contributed by atoms with van der Waals surface area (Å²) in [5, 5.41) is 13.0. The van der Waals surface area contributed by atoms with Crippen LogP contribution in [0, 0.1) is 12.1 Å². The molecule has 0 unspecified atom stereocenters. The standard InChI is InChI=1S/C50H30N4SSi.Pt/c1-3-14-34(15-4-1)56(35-16-5-2-6-17-35,37-24-25-38-39-19-7-9-22-44(39)53-30-29-52-49(53)43(38)32-37)36-18-11-13-33(31-36)54-48-40(41-21-12-28-51-50(41)54)26-27-46-47(48)42-20-8-10-23-45(42)55-46;/h1-30H;/q-2;+2. The van der Waals surface area contributed by atoms with Gasteiger partial charge < -0.3 is 8.97 Å². The second-order valence-electron chi connectivity index (χ2n) is 14.4. The molecule has 4 nitrogen and oxygen atoms in total. The van der Waals surface area contributed by atoms with E-state index in [1.165, 1.54) is 46.8 Å². The molecule has 0 N–H and O–H groups in total. The summed E-state index contributed by atoms with van der Waals surface area (Å²) in [4.78, 5) is 9.97. The Hall–Kier alpha value is -6.17. The van der Waals surface area contributed by atoms with Gasteiger partial charge in [-0.3, -0.25) is 4.98 Å². The molecule has 0 spiro atoms. The molecule has 12 aromatic rings. The van der Waals surface area contributed by atoms with E-state index in [9.17, 15) is 0 Å². The van der Waals surface area contributed by atoms with Crippen LogP contribution < -0.4 is 20.7 Å². The fraction of sp³-hybridized carbons (Fsp3) is 0. The fourth-order valence-corrected chi connectivity index (χ4v) is 14.9. The number of nitrogens with zero attached hydrogens (tertiary/aromatic N) is 4. The van der Waals surface area contributed by atoms with Gasteiger partial charge in [0.1, 0.15) is 13.7 Å². The summed E-state index contributed by atoms with van der Waals surface area (Å²) in [5.41, 5.74) is 5.10. The Labute approximate surface area is 347 Å². The van der Waals surface area contributed by atoms with Gasteiger partial charge in [0.2, 0.25) is 0 Å². The zero-order valence-corrected chi connectivity index (χ0v) is 34.4. The first kappa shape index (κ1) is 34.1. The third-order valence-electron chi connectivity index (χ3n) is 11.5. The molecule has 12 rings (SSSR count). The molecule has 0 aliphatic carbocycles. The smallest absolute Gasteiger partial charge is 0.340 e. The zero-order valence-electron chi connectivity index (χ0n) is 30.3. The molecule has 0 atom stereocenters. The van der Waals surface area contributed by atoms with E-state index >= 15 is 0 Å². The van der Waals surface area contributed by atoms with Crippen LogP contribution in [0.25, 0.3) is 75.1 Å². The molecule has 0 bridgehead atoms. The van der Waals surface area contributed by atoms with E-state index in [0.29, 0.717) is 0 Å². The molecule has 0 aliphatic rings. The van der Waals surface area contributed by atoms with Gasteiger partial charge in [-0.25, -0.2) is 4.98 Å². The van der Waals surface area contributed by atoms with Crippen LogP contribution in [-0.4, -0.2) is 27.0 Å². The predicted octanol–water partition coefficient (Wildman–Crippen LogP) is 9.48. The van der Waals surface area contributed by atoms with Gasteiger partial charge in [0.15, 0.2) is 0 Å². The van der Waals surface area contributed by atoms with Crippen molar-refractivity contribution in [2.75, 3.05) is 0 Å². The van der Waals surface area contributed by atoms with Crippen molar-refractivity contribution in [3.05, 3.63) is 195 Å². The first-order valence-corrected chi connectivity index (χ1v) is 21.6. The molecule has 270 valence electrons. The maximum absolute atomic E-state index is 5.06. The molecule has 0 radical (unpaired) electrons. The molecule has 7 heteroatoms. The third kappa shape index (κ3) is 4.88. The molecule has 0 saturated carbocycles. The maximum atomic E-state index is 5.06. The summed E-state index contributed by atoms with van der Waals surface area (Å²) in [6.45, 7) is 0. The van der Waals surface area contributed by atoms with Crippen LogP contribution in [0.2, 0.25) is 0 Å². The van der Waals surface area contributed by atoms with Crippen LogP contribution in [-0.2, 0) is 21.1 Å². The van der Waals surface area contributed by atoms with Gasteiger partial charge >= 0.3 is 21.1 Å². The van der Waals surface area contributed by atoms with E-state index < -0.39 is 8.07 Å². The largest absolute Gasteiger partial charge is 2.00 e. The number of hydrogen-bond donors (Lipinski definition) is 0. The number of thiophene rings is 1. The predicted molar refractivity (Wildman–Crippen MR) is 237 cm³/mol. The summed E-state index contributed by atoms with van der Waals surface area (Å²) < 4.78 is 7.10. The molecular formula is C50H30N4PtSSi. The van der Waals surface area contributed by atoms with Crippen molar-refractivity contribution >= 4 is 110 Å². The van der Waals surface area contributed by atoms with Crippen LogP contribution in [0.4, 0.5) is 0 Å². The minimum atomic E-state index is -3.09. The molecule has 5 heterocycles. The summed E-state index contributed by atoms with van der Waals surface area (Å²) >= 11 is 1.84. The normalized spacial score (nSPS) is 12.1. The van der Waals surface area contributed by atoms with E-state index in [0.717, 1.165) is 49.0 Å². The van der Waals surface area contributed by atoms with Crippen molar-refractivity contribution in [2.45, 2.75) is 0 Å². The molecule has 5 aromatic heterocycles. The number of fused-ring (bicyclic) bond motifs is 13. The van der Waals surface area contributed by atoms with Gasteiger partial charge in [0, 0.05) is 55.1 Å². The van der Waals surface area contributed by atoms with E-state index in [1.54, 1.807) is 0 Å². The van der Waals surface area contributed by atoms with Gasteiger partial charge in [0.05, 0.1) is 11.2 Å². The molecule has 0 saturated heterocycles. The number of para-hydroxylation sites is 1. The van der Waals surface area contributed by atoms with Crippen molar-refractivity contribution in [1.29, 1.82) is 0 Å². The van der Waals surface area contributed by atoms with Crippen molar-refractivity contribution in [3.8, 4) is 5.69 Å². The Morgan fingerprint density at radius 2 is 1.18 bits per heavy atom. The minimum Gasteiger partial charge on any atom is -0.340 e. The van der Waals surface area contributed by atoms with Crippen LogP contribution in [0.5, 0.6) is 0 Å². The Kier molecular flexibility index (Phi) is 7.90. The fourth-order valence-electron chi connectivity index (χ4n) is 9.20. The number of benzene rings is 7. The van der Waals surface area contributed by atoms with E-state index in [1.807, 2.05) is 29.8 Å². The van der Waals surface area contributed by atoms with E-state index in [-0.39, 0.29) is 21.1 Å². The van der Waals surface area contributed by atoms with Gasteiger partial charge in [-0.15, -0.1) is 46.2 Å². The van der Waals surface area contributed by atoms with Gasteiger partial charge in [-0.2, -0.15) is 23.4 Å². The van der Waals surface area contributed by atoms with Gasteiger partial charge in [-0.1, -0.05) is 114 Å². The Balaban J connectivity index is 0.00000374. The van der Waals surface area contributed by atoms with Crippen molar-refractivity contribution in [2.24, 2.45) is 0 Å². The van der Waals surface area contributed by atoms with Crippen molar-refractivity contribution in [1.82, 2.24) is 18.9 Å². The second-order valence-corrected chi connectivity index (χ2v) is 19.2. The Bertz CT molecular complexity index is 3460. The van der Waals surface area contributed by atoms with Crippen molar-refractivity contribution < 1.29 is 21.1 Å². The zero-order chi connectivity index (χ0) is 36.8. The quantitative estimate of drug-likeness (QED) is 0.0747. The summed E-state index contributed by atoms with van der Waals surface area (Å²) in [6, 6.07) is 67.7. The first-order valence-electron chi connectivity index (χ1n) is 18.8. The number of imidazole rings is 1. The number of hydrogen-bond acceptors (Lipinski definition) is 3. The van der Waals surface area contributed by atoms with Crippen LogP contribution in [0.3, 0.4) is 0 Å². The van der Waals surface area contributed by atoms with Gasteiger partial charge in [-0.05, 0) is 46.1 Å². The summed E-state index contributed by atoms with van der Waals surface area (Å²) in [5.74, 6) is 0. The second kappa shape index (κ2) is 13.2. The maximum Gasteiger partial charge on any atom is 2.00 e. The van der Waals surface area contributed by atoms with Gasteiger partial charge in [0.25, 0.3) is 0 Å².